The third-order valence-corrected chi connectivity index (χ3v) is 14.1. The summed E-state index contributed by atoms with van der Waals surface area (Å²) in [7, 11) is 0. The molecule has 0 unspecified atom stereocenters. The average Bonchev–Trinajstić information content (AvgIpc) is 4.07. The van der Waals surface area contributed by atoms with Crippen molar-refractivity contribution in [3.63, 3.8) is 0 Å². The van der Waals surface area contributed by atoms with Crippen LogP contribution in [-0.2, 0) is 5.41 Å². The highest BCUT2D eigenvalue weighted by Gasteiger charge is 2.36. The molecule has 310 valence electrons. The Morgan fingerprint density at radius 3 is 1.74 bits per heavy atom. The van der Waals surface area contributed by atoms with Gasteiger partial charge in [0.25, 0.3) is 0 Å². The van der Waals surface area contributed by atoms with Gasteiger partial charge in [-0.1, -0.05) is 147 Å². The van der Waals surface area contributed by atoms with Crippen LogP contribution in [0.1, 0.15) is 25.0 Å². The number of para-hydroxylation sites is 2. The lowest BCUT2D eigenvalue weighted by Gasteiger charge is -2.21. The van der Waals surface area contributed by atoms with E-state index in [1.807, 2.05) is 36.4 Å². The third-order valence-electron chi connectivity index (χ3n) is 14.1. The van der Waals surface area contributed by atoms with Crippen molar-refractivity contribution < 1.29 is 4.42 Å². The van der Waals surface area contributed by atoms with Gasteiger partial charge in [-0.2, -0.15) is 0 Å². The first-order valence-electron chi connectivity index (χ1n) is 22.6. The van der Waals surface area contributed by atoms with Crippen LogP contribution in [0.2, 0.25) is 0 Å². The minimum absolute atomic E-state index is 0.107. The molecule has 5 heteroatoms. The lowest BCUT2D eigenvalue weighted by molar-refractivity contribution is 0.661. The van der Waals surface area contributed by atoms with Crippen molar-refractivity contribution >= 4 is 65.6 Å². The van der Waals surface area contributed by atoms with E-state index in [9.17, 15) is 0 Å². The molecule has 9 aromatic carbocycles. The van der Waals surface area contributed by atoms with Gasteiger partial charge in [-0.25, -0.2) is 9.97 Å². The van der Waals surface area contributed by atoms with Crippen molar-refractivity contribution in [3.05, 3.63) is 217 Å². The molecule has 66 heavy (non-hydrogen) atoms. The van der Waals surface area contributed by atoms with E-state index in [1.54, 1.807) is 0 Å². The van der Waals surface area contributed by atoms with Gasteiger partial charge in [0.1, 0.15) is 17.0 Å². The summed E-state index contributed by atoms with van der Waals surface area (Å²) in [6, 6.07) is 74.1. The molecule has 14 rings (SSSR count). The second-order valence-electron chi connectivity index (χ2n) is 18.2. The van der Waals surface area contributed by atoms with Gasteiger partial charge in [-0.15, -0.1) is 0 Å². The van der Waals surface area contributed by atoms with Crippen LogP contribution in [-0.4, -0.2) is 19.1 Å². The molecule has 0 aliphatic heterocycles. The molecule has 0 N–H and O–H groups in total. The second kappa shape index (κ2) is 13.7. The highest BCUT2D eigenvalue weighted by molar-refractivity contribution is 6.18. The predicted molar refractivity (Wildman–Crippen MR) is 272 cm³/mol. The van der Waals surface area contributed by atoms with Crippen LogP contribution >= 0.6 is 0 Å². The maximum absolute atomic E-state index is 6.55. The summed E-state index contributed by atoms with van der Waals surface area (Å²) in [5, 5.41) is 6.94. The Morgan fingerprint density at radius 1 is 0.379 bits per heavy atom. The maximum atomic E-state index is 6.55. The Morgan fingerprint density at radius 2 is 0.985 bits per heavy atom. The standard InChI is InChI=1S/C61H40N4O/c1-61(2)50-24-14-12-22-42(50)44-32-47-45-30-39(26-28-53(45)64(55(47)34-51(44)61)41-20-10-5-11-21-41)40-27-29-54-46(31-40)48-33-49-43-23-13-15-25-57(43)66-58(49)36-56(48)65(54)59-35-52(37-16-6-3-7-17-37)62-60(63-59)38-18-8-4-9-19-38/h3-36H,1-2H3. The first-order chi connectivity index (χ1) is 32.5. The van der Waals surface area contributed by atoms with Gasteiger partial charge in [0.05, 0.1) is 27.8 Å². The quantitative estimate of drug-likeness (QED) is 0.173. The number of fused-ring (bicyclic) bond motifs is 12. The van der Waals surface area contributed by atoms with Crippen LogP contribution in [0.25, 0.3) is 122 Å². The summed E-state index contributed by atoms with van der Waals surface area (Å²) < 4.78 is 11.3. The Hall–Kier alpha value is -8.54. The summed E-state index contributed by atoms with van der Waals surface area (Å²) in [5.74, 6) is 1.46. The summed E-state index contributed by atoms with van der Waals surface area (Å²) in [4.78, 5) is 10.5. The van der Waals surface area contributed by atoms with E-state index in [4.69, 9.17) is 14.4 Å². The van der Waals surface area contributed by atoms with Crippen LogP contribution in [0.5, 0.6) is 0 Å². The molecule has 1 aliphatic carbocycles. The second-order valence-corrected chi connectivity index (χ2v) is 18.2. The number of rotatable bonds is 5. The van der Waals surface area contributed by atoms with E-state index in [1.165, 1.54) is 44.1 Å². The van der Waals surface area contributed by atoms with Crippen LogP contribution < -0.4 is 0 Å². The van der Waals surface area contributed by atoms with Gasteiger partial charge < -0.3 is 8.98 Å². The van der Waals surface area contributed by atoms with Gasteiger partial charge in [0.2, 0.25) is 0 Å². The van der Waals surface area contributed by atoms with E-state index in [-0.39, 0.29) is 5.41 Å². The zero-order chi connectivity index (χ0) is 43.7. The van der Waals surface area contributed by atoms with Crippen LogP contribution in [0, 0.1) is 0 Å². The number of benzene rings is 9. The number of nitrogens with zero attached hydrogens (tertiary/aromatic N) is 4. The predicted octanol–water partition coefficient (Wildman–Crippen LogP) is 15.9. The lowest BCUT2D eigenvalue weighted by Crippen LogP contribution is -2.14. The summed E-state index contributed by atoms with van der Waals surface area (Å²) >= 11 is 0. The normalized spacial score (nSPS) is 13.1. The van der Waals surface area contributed by atoms with Crippen molar-refractivity contribution in [2.45, 2.75) is 19.3 Å². The largest absolute Gasteiger partial charge is 0.456 e. The lowest BCUT2D eigenvalue weighted by atomic mass is 9.82. The minimum atomic E-state index is -0.107. The Kier molecular flexibility index (Phi) is 7.68. The van der Waals surface area contributed by atoms with E-state index < -0.39 is 0 Å². The Bertz CT molecular complexity index is 4060. The minimum Gasteiger partial charge on any atom is -0.456 e. The molecule has 1 aliphatic rings. The molecule has 0 bridgehead atoms. The van der Waals surface area contributed by atoms with Crippen molar-refractivity contribution in [2.75, 3.05) is 0 Å². The molecule has 0 amide bonds. The topological polar surface area (TPSA) is 48.8 Å². The van der Waals surface area contributed by atoms with E-state index in [2.05, 4.69) is 193 Å². The maximum Gasteiger partial charge on any atom is 0.162 e. The summed E-state index contributed by atoms with van der Waals surface area (Å²) in [6.07, 6.45) is 0. The van der Waals surface area contributed by atoms with E-state index >= 15 is 0 Å². The first-order valence-corrected chi connectivity index (χ1v) is 22.6. The van der Waals surface area contributed by atoms with Crippen molar-refractivity contribution in [1.29, 1.82) is 0 Å². The Balaban J connectivity index is 1.02. The summed E-state index contributed by atoms with van der Waals surface area (Å²) in [6.45, 7) is 4.72. The molecular weight excluding hydrogens is 805 g/mol. The van der Waals surface area contributed by atoms with Gasteiger partial charge in [-0.05, 0) is 94.0 Å². The first kappa shape index (κ1) is 36.9. The molecule has 0 saturated heterocycles. The fourth-order valence-corrected chi connectivity index (χ4v) is 10.9. The van der Waals surface area contributed by atoms with Gasteiger partial charge in [0.15, 0.2) is 5.82 Å². The van der Waals surface area contributed by atoms with Crippen molar-refractivity contribution in [3.8, 4) is 56.4 Å². The van der Waals surface area contributed by atoms with Gasteiger partial charge in [0, 0.05) is 66.7 Å². The van der Waals surface area contributed by atoms with Crippen molar-refractivity contribution in [1.82, 2.24) is 19.1 Å². The van der Waals surface area contributed by atoms with E-state index in [0.717, 1.165) is 83.2 Å². The summed E-state index contributed by atoms with van der Waals surface area (Å²) in [5.41, 5.74) is 17.8. The van der Waals surface area contributed by atoms with Gasteiger partial charge >= 0.3 is 0 Å². The average molecular weight is 845 g/mol. The molecule has 0 spiro atoms. The highest BCUT2D eigenvalue weighted by atomic mass is 16.3. The molecule has 4 aromatic heterocycles. The third kappa shape index (κ3) is 5.34. The zero-order valence-corrected chi connectivity index (χ0v) is 36.3. The van der Waals surface area contributed by atoms with Crippen molar-refractivity contribution in [2.24, 2.45) is 0 Å². The number of hydrogen-bond acceptors (Lipinski definition) is 3. The Labute approximate surface area is 380 Å². The number of furan rings is 1. The molecule has 5 nitrogen and oxygen atoms in total. The number of aromatic nitrogens is 4. The molecule has 13 aromatic rings. The smallest absolute Gasteiger partial charge is 0.162 e. The molecular formula is C61H40N4O. The van der Waals surface area contributed by atoms with Gasteiger partial charge in [-0.3, -0.25) is 4.57 Å². The molecule has 0 fully saturated rings. The fourth-order valence-electron chi connectivity index (χ4n) is 10.9. The van der Waals surface area contributed by atoms with E-state index in [0.29, 0.717) is 5.82 Å². The molecule has 0 atom stereocenters. The number of hydrogen-bond donors (Lipinski definition) is 0. The fraction of sp³-hybridized carbons (Fsp3) is 0.0492. The van der Waals surface area contributed by atoms with Crippen LogP contribution in [0.3, 0.4) is 0 Å². The van der Waals surface area contributed by atoms with Crippen LogP contribution in [0.15, 0.2) is 211 Å². The molecule has 0 saturated carbocycles. The highest BCUT2D eigenvalue weighted by Crippen LogP contribution is 2.51. The monoisotopic (exact) mass is 844 g/mol. The molecule has 0 radical (unpaired) electrons. The SMILES string of the molecule is CC1(C)c2ccccc2-c2cc3c4cc(-c5ccc6c(c5)c5cc7c(cc5n6-c5cc(-c6ccccc6)nc(-c6ccccc6)n5)oc5ccccc57)ccc4n(-c4ccccc4)c3cc21. The zero-order valence-electron chi connectivity index (χ0n) is 36.3. The van der Waals surface area contributed by atoms with Crippen LogP contribution in [0.4, 0.5) is 0 Å². The molecule has 4 heterocycles.